The van der Waals surface area contributed by atoms with Gasteiger partial charge in [-0.3, -0.25) is 4.79 Å². The number of nitrogens with zero attached hydrogens (tertiary/aromatic N) is 1. The summed E-state index contributed by atoms with van der Waals surface area (Å²) in [5.74, 6) is -1.01. The van der Waals surface area contributed by atoms with E-state index in [0.717, 1.165) is 20.6 Å². The standard InChI is InChI=1S/C15H22INO6S/c1-11(21)17(6-7-18)15(8-19,9-20)10-23-14(22)13-3-2-12(24-13)4-5-16/h2-3,18-20H,4-10H2,1H3. The summed E-state index contributed by atoms with van der Waals surface area (Å²) in [6.45, 7) is -0.709. The average molecular weight is 471 g/mol. The van der Waals surface area contributed by atoms with Gasteiger partial charge in [0.15, 0.2) is 0 Å². The van der Waals surface area contributed by atoms with Crippen LogP contribution >= 0.6 is 33.9 Å². The quantitative estimate of drug-likeness (QED) is 0.260. The van der Waals surface area contributed by atoms with Gasteiger partial charge in [-0.1, -0.05) is 22.6 Å². The number of halogens is 1. The number of hydrogen-bond acceptors (Lipinski definition) is 7. The fraction of sp³-hybridized carbons (Fsp3) is 0.600. The first kappa shape index (κ1) is 21.3. The maximum atomic E-state index is 12.2. The van der Waals surface area contributed by atoms with Crippen LogP contribution in [0.4, 0.5) is 0 Å². The predicted octanol–water partition coefficient (Wildman–Crippen LogP) is 0.447. The van der Waals surface area contributed by atoms with E-state index in [9.17, 15) is 19.8 Å². The Labute approximate surface area is 158 Å². The molecule has 1 aromatic heterocycles. The van der Waals surface area contributed by atoms with Crippen molar-refractivity contribution in [3.05, 3.63) is 21.9 Å². The molecule has 0 bridgehead atoms. The van der Waals surface area contributed by atoms with Crippen LogP contribution in [0.15, 0.2) is 12.1 Å². The van der Waals surface area contributed by atoms with Gasteiger partial charge < -0.3 is 25.0 Å². The van der Waals surface area contributed by atoms with Gasteiger partial charge in [0.25, 0.3) is 0 Å². The van der Waals surface area contributed by atoms with Crippen LogP contribution in [-0.2, 0) is 16.0 Å². The molecule has 0 aromatic carbocycles. The molecule has 0 atom stereocenters. The van der Waals surface area contributed by atoms with Crippen LogP contribution in [0.1, 0.15) is 21.5 Å². The summed E-state index contributed by atoms with van der Waals surface area (Å²) in [5.41, 5.74) is -1.47. The maximum absolute atomic E-state index is 12.2. The lowest BCUT2D eigenvalue weighted by atomic mass is 10.00. The van der Waals surface area contributed by atoms with Crippen molar-refractivity contribution < 1.29 is 29.6 Å². The second kappa shape index (κ2) is 10.3. The number of aliphatic hydroxyl groups excluding tert-OH is 3. The van der Waals surface area contributed by atoms with E-state index >= 15 is 0 Å². The van der Waals surface area contributed by atoms with Crippen LogP contribution in [0, 0.1) is 0 Å². The number of ether oxygens (including phenoxy) is 1. The Morgan fingerprint density at radius 3 is 2.46 bits per heavy atom. The monoisotopic (exact) mass is 471 g/mol. The lowest BCUT2D eigenvalue weighted by Gasteiger charge is -2.40. The molecule has 0 aliphatic carbocycles. The molecule has 136 valence electrons. The zero-order chi connectivity index (χ0) is 18.2. The molecule has 1 heterocycles. The summed E-state index contributed by atoms with van der Waals surface area (Å²) in [5, 5.41) is 28.4. The van der Waals surface area contributed by atoms with Crippen molar-refractivity contribution in [1.29, 1.82) is 0 Å². The first-order valence-electron chi connectivity index (χ1n) is 7.36. The molecule has 0 saturated carbocycles. The smallest absolute Gasteiger partial charge is 0.348 e. The Morgan fingerprint density at radius 1 is 1.29 bits per heavy atom. The fourth-order valence-corrected chi connectivity index (χ4v) is 4.05. The summed E-state index contributed by atoms with van der Waals surface area (Å²) in [4.78, 5) is 26.5. The maximum Gasteiger partial charge on any atom is 0.348 e. The number of aliphatic hydroxyl groups is 3. The largest absolute Gasteiger partial charge is 0.459 e. The fourth-order valence-electron chi connectivity index (χ4n) is 2.20. The highest BCUT2D eigenvalue weighted by Crippen LogP contribution is 2.21. The number of aryl methyl sites for hydroxylation is 1. The highest BCUT2D eigenvalue weighted by molar-refractivity contribution is 14.1. The van der Waals surface area contributed by atoms with E-state index in [4.69, 9.17) is 9.84 Å². The van der Waals surface area contributed by atoms with Crippen LogP contribution in [0.25, 0.3) is 0 Å². The van der Waals surface area contributed by atoms with Gasteiger partial charge in [0, 0.05) is 22.8 Å². The van der Waals surface area contributed by atoms with E-state index in [-0.39, 0.29) is 19.8 Å². The Balaban J connectivity index is 2.83. The van der Waals surface area contributed by atoms with E-state index in [1.807, 2.05) is 6.07 Å². The summed E-state index contributed by atoms with van der Waals surface area (Å²) in [7, 11) is 0. The molecule has 0 unspecified atom stereocenters. The average Bonchev–Trinajstić information content (AvgIpc) is 3.03. The number of thiophene rings is 1. The minimum atomic E-state index is -1.47. The molecule has 3 N–H and O–H groups in total. The Bertz CT molecular complexity index is 546. The van der Waals surface area contributed by atoms with Crippen LogP contribution in [0.3, 0.4) is 0 Å². The van der Waals surface area contributed by atoms with Crippen molar-refractivity contribution in [3.8, 4) is 0 Å². The first-order valence-corrected chi connectivity index (χ1v) is 9.71. The Kier molecular flexibility index (Phi) is 9.13. The number of carbonyl (C=O) groups excluding carboxylic acids is 2. The second-order valence-electron chi connectivity index (χ2n) is 5.22. The first-order chi connectivity index (χ1) is 11.4. The summed E-state index contributed by atoms with van der Waals surface area (Å²) >= 11 is 3.58. The van der Waals surface area contributed by atoms with Crippen LogP contribution in [0.2, 0.25) is 0 Å². The highest BCUT2D eigenvalue weighted by Gasteiger charge is 2.39. The number of hydrogen-bond donors (Lipinski definition) is 3. The van der Waals surface area contributed by atoms with Crippen molar-refractivity contribution >= 4 is 45.8 Å². The zero-order valence-corrected chi connectivity index (χ0v) is 16.4. The van der Waals surface area contributed by atoms with Crippen LogP contribution < -0.4 is 0 Å². The van der Waals surface area contributed by atoms with Crippen molar-refractivity contribution in [2.75, 3.05) is 37.4 Å². The normalized spacial score (nSPS) is 11.4. The number of amides is 1. The van der Waals surface area contributed by atoms with E-state index in [0.29, 0.717) is 4.88 Å². The number of carbonyl (C=O) groups is 2. The van der Waals surface area contributed by atoms with Gasteiger partial charge in [0.2, 0.25) is 5.91 Å². The van der Waals surface area contributed by atoms with Crippen LogP contribution in [-0.4, -0.2) is 75.0 Å². The highest BCUT2D eigenvalue weighted by atomic mass is 127. The SMILES string of the molecule is CC(=O)N(CCO)C(CO)(CO)COC(=O)c1ccc(CCI)s1. The van der Waals surface area contributed by atoms with Gasteiger partial charge in [-0.25, -0.2) is 4.79 Å². The molecule has 1 aromatic rings. The van der Waals surface area contributed by atoms with Gasteiger partial charge in [-0.2, -0.15) is 0 Å². The molecule has 0 saturated heterocycles. The summed E-state index contributed by atoms with van der Waals surface area (Å²) in [6.07, 6.45) is 0.865. The topological polar surface area (TPSA) is 107 Å². The van der Waals surface area contributed by atoms with E-state index in [1.165, 1.54) is 18.3 Å². The van der Waals surface area contributed by atoms with E-state index < -0.39 is 30.6 Å². The van der Waals surface area contributed by atoms with Gasteiger partial charge in [0.05, 0.1) is 19.8 Å². The van der Waals surface area contributed by atoms with Crippen molar-refractivity contribution in [1.82, 2.24) is 4.90 Å². The minimum absolute atomic E-state index is 0.0766. The van der Waals surface area contributed by atoms with Crippen molar-refractivity contribution in [3.63, 3.8) is 0 Å². The second-order valence-corrected chi connectivity index (χ2v) is 7.46. The van der Waals surface area contributed by atoms with Gasteiger partial charge >= 0.3 is 5.97 Å². The van der Waals surface area contributed by atoms with Gasteiger partial charge in [-0.05, 0) is 18.6 Å². The number of esters is 1. The third-order valence-corrected chi connectivity index (χ3v) is 5.21. The van der Waals surface area contributed by atoms with Crippen LogP contribution in [0.5, 0.6) is 0 Å². The molecule has 1 rings (SSSR count). The molecule has 0 radical (unpaired) electrons. The predicted molar refractivity (Wildman–Crippen MR) is 98.6 cm³/mol. The number of β-amino-alcohol motifs (C(OH)–C–C–N with tert-alkyl or cyclic N) is 1. The molecule has 0 fully saturated rings. The zero-order valence-electron chi connectivity index (χ0n) is 13.4. The Morgan fingerprint density at radius 2 is 1.96 bits per heavy atom. The van der Waals surface area contributed by atoms with Gasteiger partial charge in [0.1, 0.15) is 17.0 Å². The molecule has 0 aliphatic rings. The lowest BCUT2D eigenvalue weighted by Crippen LogP contribution is -2.60. The van der Waals surface area contributed by atoms with Crippen molar-refractivity contribution in [2.45, 2.75) is 18.9 Å². The molecule has 0 aliphatic heterocycles. The summed E-state index contributed by atoms with van der Waals surface area (Å²) in [6, 6.07) is 3.53. The molecule has 7 nitrogen and oxygen atoms in total. The molecular weight excluding hydrogens is 449 g/mol. The van der Waals surface area contributed by atoms with E-state index in [1.54, 1.807) is 6.07 Å². The minimum Gasteiger partial charge on any atom is -0.459 e. The molecular formula is C15H22INO6S. The number of alkyl halides is 1. The molecule has 0 spiro atoms. The molecule has 9 heteroatoms. The van der Waals surface area contributed by atoms with Gasteiger partial charge in [-0.15, -0.1) is 11.3 Å². The van der Waals surface area contributed by atoms with Crippen molar-refractivity contribution in [2.24, 2.45) is 0 Å². The summed E-state index contributed by atoms with van der Waals surface area (Å²) < 4.78 is 6.16. The van der Waals surface area contributed by atoms with E-state index in [2.05, 4.69) is 22.6 Å². The molecule has 1 amide bonds. The third kappa shape index (κ3) is 5.38. The number of rotatable bonds is 10. The Hall–Kier alpha value is -0.750. The molecule has 24 heavy (non-hydrogen) atoms. The lowest BCUT2D eigenvalue weighted by molar-refractivity contribution is -0.144. The third-order valence-electron chi connectivity index (χ3n) is 3.54.